The molecule has 13 nitrogen and oxygen atoms in total. The molecule has 0 amide bonds. The molecule has 6 atom stereocenters. The predicted molar refractivity (Wildman–Crippen MR) is 126 cm³/mol. The van der Waals surface area contributed by atoms with Gasteiger partial charge in [-0.2, -0.15) is 0 Å². The second-order valence-corrected chi connectivity index (χ2v) is 9.62. The van der Waals surface area contributed by atoms with Crippen molar-refractivity contribution in [3.8, 4) is 5.75 Å². The van der Waals surface area contributed by atoms with Crippen LogP contribution in [0.2, 0.25) is 0 Å². The third-order valence-corrected chi connectivity index (χ3v) is 7.13. The molecule has 36 heavy (non-hydrogen) atoms. The van der Waals surface area contributed by atoms with Gasteiger partial charge in [0.2, 0.25) is 0 Å². The van der Waals surface area contributed by atoms with Crippen LogP contribution in [0.25, 0.3) is 11.1 Å². The maximum Gasteiger partial charge on any atom is 0.326 e. The molecule has 1 aromatic carbocycles. The van der Waals surface area contributed by atoms with E-state index in [0.717, 1.165) is 4.83 Å². The Morgan fingerprint density at radius 1 is 1.33 bits per heavy atom. The normalized spacial score (nSPS) is 25.7. The Balaban J connectivity index is 1.50. The number of para-hydroxylation sites is 1. The number of nitrogens with zero attached hydrogens (tertiary/aromatic N) is 3. The fraction of sp³-hybridized carbons (Fsp3) is 0.409. The van der Waals surface area contributed by atoms with Gasteiger partial charge in [-0.15, -0.1) is 0 Å². The molecule has 0 bridgehead atoms. The fourth-order valence-corrected chi connectivity index (χ4v) is 4.90. The van der Waals surface area contributed by atoms with Gasteiger partial charge in [0.05, 0.1) is 20.0 Å². The lowest BCUT2D eigenvalue weighted by Gasteiger charge is -2.27. The van der Waals surface area contributed by atoms with Crippen LogP contribution in [0.3, 0.4) is 0 Å². The van der Waals surface area contributed by atoms with E-state index in [0.29, 0.717) is 16.8 Å². The summed E-state index contributed by atoms with van der Waals surface area (Å²) < 4.78 is 34.6. The lowest BCUT2D eigenvalue weighted by Crippen LogP contribution is -2.43. The van der Waals surface area contributed by atoms with Crippen molar-refractivity contribution in [2.45, 2.75) is 43.8 Å². The molecule has 0 aliphatic carbocycles. The Hall–Kier alpha value is -3.06. The summed E-state index contributed by atoms with van der Waals surface area (Å²) in [5.74, 6) is -0.259. The van der Waals surface area contributed by atoms with Crippen LogP contribution < -0.4 is 10.6 Å². The van der Waals surface area contributed by atoms with Crippen LogP contribution >= 0.6 is 8.18 Å². The standard InChI is InChI=1S/C22H27N4O9P/c1-12(21(28)31-3)26(35-13-7-5-4-6-8-13)36(30)33-10-15-18(27)22(2,29)19(34-15)14-9-32-17-16(14)24-11-25-20(17)23/h4-9,11-12,15,18-19,27,29,36H,10H2,1-3H3,(H2,23,24,25). The molecule has 1 aliphatic heterocycles. The lowest BCUT2D eigenvalue weighted by molar-refractivity contribution is -0.152. The first-order chi connectivity index (χ1) is 17.1. The number of hydrogen-bond acceptors (Lipinski definition) is 12. The lowest BCUT2D eigenvalue weighted by atomic mass is 9.89. The van der Waals surface area contributed by atoms with Crippen LogP contribution in [0.4, 0.5) is 5.82 Å². The van der Waals surface area contributed by atoms with E-state index in [2.05, 4.69) is 9.97 Å². The molecule has 0 spiro atoms. The van der Waals surface area contributed by atoms with Crippen LogP contribution in [0.1, 0.15) is 25.5 Å². The first-order valence-electron chi connectivity index (χ1n) is 11.0. The minimum absolute atomic E-state index is 0.112. The number of esters is 1. The number of carbonyl (C=O) groups is 1. The minimum atomic E-state index is -3.20. The van der Waals surface area contributed by atoms with Gasteiger partial charge in [0.15, 0.2) is 11.4 Å². The molecule has 6 unspecified atom stereocenters. The number of aliphatic hydroxyl groups is 2. The molecule has 1 aliphatic rings. The van der Waals surface area contributed by atoms with E-state index in [4.69, 9.17) is 29.0 Å². The molecule has 4 rings (SSSR count). The van der Waals surface area contributed by atoms with Gasteiger partial charge in [0.1, 0.15) is 47.5 Å². The van der Waals surface area contributed by atoms with Gasteiger partial charge in [-0.25, -0.2) is 9.97 Å². The average Bonchev–Trinajstić information content (AvgIpc) is 3.40. The molecular formula is C22H27N4O9P. The number of rotatable bonds is 9. The SMILES string of the molecule is COC(=O)C(C)N(Oc1ccccc1)[PH](=O)OCC1OC(c2coc3c(N)ncnc23)C(C)(O)C1O. The molecule has 194 valence electrons. The maximum absolute atomic E-state index is 13.1. The summed E-state index contributed by atoms with van der Waals surface area (Å²) in [7, 11) is -2.01. The van der Waals surface area contributed by atoms with Crippen LogP contribution in [-0.4, -0.2) is 68.6 Å². The molecule has 0 radical (unpaired) electrons. The Morgan fingerprint density at radius 2 is 2.06 bits per heavy atom. The van der Waals surface area contributed by atoms with Gasteiger partial charge in [0, 0.05) is 5.56 Å². The van der Waals surface area contributed by atoms with Crippen LogP contribution in [-0.2, 0) is 23.4 Å². The molecule has 1 saturated heterocycles. The van der Waals surface area contributed by atoms with E-state index < -0.39 is 44.1 Å². The first-order valence-corrected chi connectivity index (χ1v) is 12.2. The van der Waals surface area contributed by atoms with Crippen molar-refractivity contribution in [1.82, 2.24) is 14.8 Å². The number of hydroxylamine groups is 1. The van der Waals surface area contributed by atoms with Crippen LogP contribution in [0, 0.1) is 0 Å². The van der Waals surface area contributed by atoms with Crippen molar-refractivity contribution >= 4 is 31.1 Å². The number of carbonyl (C=O) groups excluding carboxylic acids is 1. The summed E-state index contributed by atoms with van der Waals surface area (Å²) >= 11 is 0. The Morgan fingerprint density at radius 3 is 2.75 bits per heavy atom. The molecular weight excluding hydrogens is 495 g/mol. The fourth-order valence-electron chi connectivity index (χ4n) is 3.86. The van der Waals surface area contributed by atoms with E-state index in [1.165, 1.54) is 33.5 Å². The third kappa shape index (κ3) is 4.94. The van der Waals surface area contributed by atoms with Crippen molar-refractivity contribution in [3.63, 3.8) is 0 Å². The highest BCUT2D eigenvalue weighted by atomic mass is 31.1. The number of anilines is 1. The summed E-state index contributed by atoms with van der Waals surface area (Å²) in [5, 5.41) is 21.8. The van der Waals surface area contributed by atoms with Gasteiger partial charge in [-0.3, -0.25) is 9.36 Å². The monoisotopic (exact) mass is 522 g/mol. The Kier molecular flexibility index (Phi) is 7.59. The van der Waals surface area contributed by atoms with Crippen molar-refractivity contribution in [2.75, 3.05) is 19.5 Å². The molecule has 14 heteroatoms. The van der Waals surface area contributed by atoms with Crippen molar-refractivity contribution in [2.24, 2.45) is 0 Å². The zero-order chi connectivity index (χ0) is 26.0. The van der Waals surface area contributed by atoms with E-state index in [9.17, 15) is 19.6 Å². The smallest absolute Gasteiger partial charge is 0.326 e. The quantitative estimate of drug-likeness (QED) is 0.210. The predicted octanol–water partition coefficient (Wildman–Crippen LogP) is 1.62. The molecule has 0 saturated carbocycles. The number of nitrogens with two attached hydrogens (primary N) is 1. The number of benzene rings is 1. The third-order valence-electron chi connectivity index (χ3n) is 5.88. The van der Waals surface area contributed by atoms with E-state index in [-0.39, 0.29) is 18.0 Å². The summed E-state index contributed by atoms with van der Waals surface area (Å²) in [5.41, 5.74) is 4.93. The number of ether oxygens (including phenoxy) is 2. The number of aromatic nitrogens is 2. The Labute approximate surface area is 206 Å². The van der Waals surface area contributed by atoms with Crippen LogP contribution in [0.15, 0.2) is 47.3 Å². The second kappa shape index (κ2) is 10.5. The van der Waals surface area contributed by atoms with Gasteiger partial charge >= 0.3 is 5.97 Å². The number of aliphatic hydroxyl groups excluding tert-OH is 1. The summed E-state index contributed by atoms with van der Waals surface area (Å²) in [4.78, 5) is 26.6. The topological polar surface area (TPSA) is 180 Å². The van der Waals surface area contributed by atoms with Gasteiger partial charge in [0.25, 0.3) is 8.18 Å². The molecule has 3 aromatic rings. The van der Waals surface area contributed by atoms with Gasteiger partial charge < -0.3 is 39.2 Å². The van der Waals surface area contributed by atoms with Gasteiger partial charge in [-0.05, 0) is 26.0 Å². The average molecular weight is 522 g/mol. The van der Waals surface area contributed by atoms with Crippen molar-refractivity contribution < 1.29 is 42.8 Å². The molecule has 2 aromatic heterocycles. The van der Waals surface area contributed by atoms with Crippen LogP contribution in [0.5, 0.6) is 5.75 Å². The van der Waals surface area contributed by atoms with Crippen molar-refractivity contribution in [1.29, 1.82) is 0 Å². The first kappa shape index (κ1) is 26.0. The number of methoxy groups -OCH3 is 1. The highest BCUT2D eigenvalue weighted by Crippen LogP contribution is 2.45. The van der Waals surface area contributed by atoms with E-state index in [1.54, 1.807) is 30.3 Å². The molecule has 4 N–H and O–H groups in total. The summed E-state index contributed by atoms with van der Waals surface area (Å²) in [6, 6.07) is 7.33. The number of furan rings is 1. The van der Waals surface area contributed by atoms with E-state index in [1.807, 2.05) is 0 Å². The number of fused-ring (bicyclic) bond motifs is 1. The second-order valence-electron chi connectivity index (χ2n) is 8.36. The highest BCUT2D eigenvalue weighted by molar-refractivity contribution is 7.36. The zero-order valence-electron chi connectivity index (χ0n) is 19.7. The summed E-state index contributed by atoms with van der Waals surface area (Å²) in [6.07, 6.45) is -1.02. The number of nitrogen functional groups attached to an aromatic ring is 1. The minimum Gasteiger partial charge on any atom is -0.468 e. The Bertz CT molecular complexity index is 1240. The van der Waals surface area contributed by atoms with Crippen molar-refractivity contribution in [3.05, 3.63) is 48.5 Å². The highest BCUT2D eigenvalue weighted by Gasteiger charge is 2.54. The maximum atomic E-state index is 13.1. The van der Waals surface area contributed by atoms with E-state index >= 15 is 0 Å². The molecule has 1 fully saturated rings. The largest absolute Gasteiger partial charge is 0.468 e. The molecule has 3 heterocycles. The van der Waals surface area contributed by atoms with Gasteiger partial charge in [-0.1, -0.05) is 23.0 Å². The number of hydrogen-bond donors (Lipinski definition) is 3. The zero-order valence-corrected chi connectivity index (χ0v) is 20.7. The summed E-state index contributed by atoms with van der Waals surface area (Å²) in [6.45, 7) is 2.44.